The van der Waals surface area contributed by atoms with Gasteiger partial charge in [-0.15, -0.1) is 0 Å². The molecule has 0 radical (unpaired) electrons. The molecule has 29 heavy (non-hydrogen) atoms. The molecule has 1 fully saturated rings. The van der Waals surface area contributed by atoms with Crippen LogP contribution in [0.3, 0.4) is 0 Å². The lowest BCUT2D eigenvalue weighted by atomic mass is 10.2. The monoisotopic (exact) mass is 434 g/mol. The van der Waals surface area contributed by atoms with E-state index in [9.17, 15) is 13.2 Å². The van der Waals surface area contributed by atoms with E-state index in [4.69, 9.17) is 16.0 Å². The maximum absolute atomic E-state index is 12.6. The number of rotatable bonds is 6. The minimum atomic E-state index is -3.18. The molecule has 2 aromatic heterocycles. The SMILES string of the molecule is O=C(NCCN1CCCS1(=O)=O)c1cc(-c2ccco2)n(-c2cccc(Cl)c2)n1. The van der Waals surface area contributed by atoms with Gasteiger partial charge in [-0.1, -0.05) is 17.7 Å². The van der Waals surface area contributed by atoms with Crippen molar-refractivity contribution < 1.29 is 17.6 Å². The van der Waals surface area contributed by atoms with Gasteiger partial charge in [0.25, 0.3) is 5.91 Å². The first-order valence-corrected chi connectivity index (χ1v) is 11.1. The lowest BCUT2D eigenvalue weighted by Crippen LogP contribution is -2.36. The highest BCUT2D eigenvalue weighted by Gasteiger charge is 2.27. The standard InChI is InChI=1S/C19H19ClN4O4S/c20-14-4-1-5-15(12-14)24-17(18-6-2-10-28-18)13-16(22-24)19(25)21-7-9-23-8-3-11-29(23,26)27/h1-2,4-6,10,12-13H,3,7-9,11H2,(H,21,25). The molecule has 1 N–H and O–H groups in total. The number of hydrogen-bond donors (Lipinski definition) is 1. The summed E-state index contributed by atoms with van der Waals surface area (Å²) >= 11 is 6.10. The van der Waals surface area contributed by atoms with Gasteiger partial charge in [0.15, 0.2) is 11.5 Å². The highest BCUT2D eigenvalue weighted by Crippen LogP contribution is 2.25. The predicted molar refractivity (Wildman–Crippen MR) is 109 cm³/mol. The number of nitrogens with zero attached hydrogens (tertiary/aromatic N) is 3. The lowest BCUT2D eigenvalue weighted by molar-refractivity contribution is 0.0946. The van der Waals surface area contributed by atoms with Crippen LogP contribution in [0.1, 0.15) is 16.9 Å². The number of halogens is 1. The smallest absolute Gasteiger partial charge is 0.271 e. The van der Waals surface area contributed by atoms with Crippen LogP contribution in [0.4, 0.5) is 0 Å². The minimum absolute atomic E-state index is 0.164. The topological polar surface area (TPSA) is 97.4 Å². The maximum Gasteiger partial charge on any atom is 0.271 e. The average molecular weight is 435 g/mol. The Balaban J connectivity index is 1.54. The molecule has 1 amide bonds. The fraction of sp³-hybridized carbons (Fsp3) is 0.263. The Morgan fingerprint density at radius 2 is 2.10 bits per heavy atom. The molecule has 0 bridgehead atoms. The number of sulfonamides is 1. The molecular formula is C19H19ClN4O4S. The molecule has 0 spiro atoms. The third kappa shape index (κ3) is 4.21. The van der Waals surface area contributed by atoms with E-state index in [2.05, 4.69) is 10.4 Å². The molecule has 4 rings (SSSR count). The third-order valence-electron chi connectivity index (χ3n) is 4.62. The highest BCUT2D eigenvalue weighted by atomic mass is 35.5. The van der Waals surface area contributed by atoms with Gasteiger partial charge in [-0.25, -0.2) is 17.4 Å². The van der Waals surface area contributed by atoms with E-state index in [1.165, 1.54) is 4.31 Å². The third-order valence-corrected chi connectivity index (χ3v) is 6.81. The first kappa shape index (κ1) is 19.7. The quantitative estimate of drug-likeness (QED) is 0.643. The second-order valence-corrected chi connectivity index (χ2v) is 9.13. The molecule has 10 heteroatoms. The van der Waals surface area contributed by atoms with E-state index < -0.39 is 15.9 Å². The molecule has 1 saturated heterocycles. The van der Waals surface area contributed by atoms with Crippen LogP contribution in [-0.2, 0) is 10.0 Å². The molecule has 1 aliphatic heterocycles. The highest BCUT2D eigenvalue weighted by molar-refractivity contribution is 7.89. The summed E-state index contributed by atoms with van der Waals surface area (Å²) in [6.45, 7) is 0.941. The van der Waals surface area contributed by atoms with Crippen LogP contribution < -0.4 is 5.32 Å². The molecule has 0 saturated carbocycles. The van der Waals surface area contributed by atoms with Crippen LogP contribution in [0.5, 0.6) is 0 Å². The van der Waals surface area contributed by atoms with Crippen LogP contribution >= 0.6 is 11.6 Å². The maximum atomic E-state index is 12.6. The van der Waals surface area contributed by atoms with E-state index in [-0.39, 0.29) is 24.5 Å². The largest absolute Gasteiger partial charge is 0.463 e. The number of aromatic nitrogens is 2. The number of amides is 1. The van der Waals surface area contributed by atoms with Gasteiger partial charge >= 0.3 is 0 Å². The van der Waals surface area contributed by atoms with E-state index in [0.717, 1.165) is 0 Å². The first-order chi connectivity index (χ1) is 13.9. The van der Waals surface area contributed by atoms with Crippen molar-refractivity contribution >= 4 is 27.5 Å². The summed E-state index contributed by atoms with van der Waals surface area (Å²) < 4.78 is 32.2. The number of nitrogens with one attached hydrogen (secondary N) is 1. The van der Waals surface area contributed by atoms with E-state index in [1.54, 1.807) is 47.3 Å². The molecule has 0 aliphatic carbocycles. The summed E-state index contributed by atoms with van der Waals surface area (Å²) in [6.07, 6.45) is 2.16. The van der Waals surface area contributed by atoms with Crippen molar-refractivity contribution in [1.29, 1.82) is 0 Å². The Morgan fingerprint density at radius 3 is 2.79 bits per heavy atom. The van der Waals surface area contributed by atoms with Crippen molar-refractivity contribution in [3.05, 3.63) is 59.4 Å². The minimum Gasteiger partial charge on any atom is -0.463 e. The van der Waals surface area contributed by atoms with Crippen molar-refractivity contribution in [2.45, 2.75) is 6.42 Å². The Kier molecular flexibility index (Phi) is 5.44. The van der Waals surface area contributed by atoms with Gasteiger partial charge in [-0.3, -0.25) is 4.79 Å². The molecule has 3 heterocycles. The molecule has 1 aromatic carbocycles. The summed E-state index contributed by atoms with van der Waals surface area (Å²) in [5.41, 5.74) is 1.48. The normalized spacial score (nSPS) is 16.2. The van der Waals surface area contributed by atoms with Crippen LogP contribution in [0.2, 0.25) is 5.02 Å². The number of furan rings is 1. The second-order valence-electron chi connectivity index (χ2n) is 6.61. The van der Waals surface area contributed by atoms with Crippen molar-refractivity contribution in [3.8, 4) is 17.1 Å². The number of benzene rings is 1. The van der Waals surface area contributed by atoms with Crippen LogP contribution in [-0.4, -0.2) is 53.8 Å². The zero-order valence-corrected chi connectivity index (χ0v) is 17.0. The first-order valence-electron chi connectivity index (χ1n) is 9.10. The van der Waals surface area contributed by atoms with Gasteiger partial charge in [0.05, 0.1) is 17.7 Å². The Bertz CT molecular complexity index is 1130. The number of hydrogen-bond acceptors (Lipinski definition) is 5. The summed E-state index contributed by atoms with van der Waals surface area (Å²) in [5, 5.41) is 7.69. The molecule has 0 unspecified atom stereocenters. The van der Waals surface area contributed by atoms with Gasteiger partial charge in [0, 0.05) is 30.7 Å². The van der Waals surface area contributed by atoms with Gasteiger partial charge < -0.3 is 9.73 Å². The zero-order valence-electron chi connectivity index (χ0n) is 15.4. The predicted octanol–water partition coefficient (Wildman–Crippen LogP) is 2.55. The summed E-state index contributed by atoms with van der Waals surface area (Å²) in [4.78, 5) is 12.6. The van der Waals surface area contributed by atoms with Crippen molar-refractivity contribution in [2.24, 2.45) is 0 Å². The zero-order chi connectivity index (χ0) is 20.4. The van der Waals surface area contributed by atoms with Gasteiger partial charge in [-0.05, 0) is 36.8 Å². The van der Waals surface area contributed by atoms with Crippen LogP contribution in [0.15, 0.2) is 53.1 Å². The van der Waals surface area contributed by atoms with E-state index >= 15 is 0 Å². The van der Waals surface area contributed by atoms with Crippen LogP contribution in [0.25, 0.3) is 17.1 Å². The molecule has 8 nitrogen and oxygen atoms in total. The molecule has 1 aliphatic rings. The second kappa shape index (κ2) is 8.02. The summed E-state index contributed by atoms with van der Waals surface area (Å²) in [6, 6.07) is 12.3. The van der Waals surface area contributed by atoms with E-state index in [0.29, 0.717) is 35.1 Å². The Morgan fingerprint density at radius 1 is 1.24 bits per heavy atom. The summed E-state index contributed by atoms with van der Waals surface area (Å²) in [5.74, 6) is 0.326. The molecule has 152 valence electrons. The fourth-order valence-corrected chi connectivity index (χ4v) is 4.94. The van der Waals surface area contributed by atoms with E-state index in [1.807, 2.05) is 6.07 Å². The number of carbonyl (C=O) groups excluding carboxylic acids is 1. The van der Waals surface area contributed by atoms with Gasteiger partial charge in [0.1, 0.15) is 5.69 Å². The average Bonchev–Trinajstić information content (AvgIpc) is 3.41. The Labute approximate surface area is 173 Å². The van der Waals surface area contributed by atoms with Gasteiger partial charge in [0.2, 0.25) is 10.0 Å². The fourth-order valence-electron chi connectivity index (χ4n) is 3.22. The van der Waals surface area contributed by atoms with Crippen molar-refractivity contribution in [1.82, 2.24) is 19.4 Å². The lowest BCUT2D eigenvalue weighted by Gasteiger charge is -2.13. The van der Waals surface area contributed by atoms with Gasteiger partial charge in [-0.2, -0.15) is 5.10 Å². The van der Waals surface area contributed by atoms with Crippen molar-refractivity contribution in [3.63, 3.8) is 0 Å². The summed E-state index contributed by atoms with van der Waals surface area (Å²) in [7, 11) is -3.18. The van der Waals surface area contributed by atoms with Crippen LogP contribution in [0, 0.1) is 0 Å². The molecule has 0 atom stereocenters. The molecular weight excluding hydrogens is 416 g/mol. The van der Waals surface area contributed by atoms with Crippen molar-refractivity contribution in [2.75, 3.05) is 25.4 Å². The number of carbonyl (C=O) groups is 1. The molecule has 3 aromatic rings. The Hall–Kier alpha value is -2.62.